The molecule has 2 N–H and O–H groups in total. The maximum absolute atomic E-state index is 12.1. The van der Waals surface area contributed by atoms with Crippen molar-refractivity contribution in [2.75, 3.05) is 38.5 Å². The number of carbonyl (C=O) groups is 1. The fourth-order valence-corrected chi connectivity index (χ4v) is 1.66. The first-order chi connectivity index (χ1) is 10.3. The Hall–Kier alpha value is -2.09. The van der Waals surface area contributed by atoms with E-state index in [0.29, 0.717) is 24.5 Å². The average molecular weight is 316 g/mol. The van der Waals surface area contributed by atoms with Crippen molar-refractivity contribution in [1.29, 1.82) is 0 Å². The topological polar surface area (TPSA) is 57.3 Å². The number of hydrogen-bond donors (Lipinski definition) is 2. The molecule has 1 heterocycles. The summed E-state index contributed by atoms with van der Waals surface area (Å²) >= 11 is 0. The van der Waals surface area contributed by atoms with Crippen molar-refractivity contribution < 1.29 is 18.0 Å². The van der Waals surface area contributed by atoms with Crippen molar-refractivity contribution in [3.8, 4) is 0 Å². The Labute approximate surface area is 127 Å². The summed E-state index contributed by atoms with van der Waals surface area (Å²) in [5.74, 6) is 0.240. The lowest BCUT2D eigenvalue weighted by Gasteiger charge is -2.18. The molecule has 1 aromatic heterocycles. The van der Waals surface area contributed by atoms with E-state index in [-0.39, 0.29) is 12.5 Å². The maximum Gasteiger partial charge on any atom is 0.401 e. The summed E-state index contributed by atoms with van der Waals surface area (Å²) < 4.78 is 36.4. The Balaban J connectivity index is 2.38. The molecule has 0 aliphatic heterocycles. The molecule has 122 valence electrons. The van der Waals surface area contributed by atoms with Gasteiger partial charge in [0.2, 0.25) is 0 Å². The van der Waals surface area contributed by atoms with Gasteiger partial charge in [-0.05, 0) is 19.2 Å². The third-order valence-electron chi connectivity index (χ3n) is 2.68. The standard InChI is InChI=1S/C14H19F3N4O/c1-3-6-19-13(22)11-4-5-12(20-9-11)18-7-8-21(2)10-14(15,16)17/h3-5,9H,1,6-8,10H2,2H3,(H,18,20)(H,19,22). The van der Waals surface area contributed by atoms with Gasteiger partial charge >= 0.3 is 6.18 Å². The molecule has 0 saturated carbocycles. The highest BCUT2D eigenvalue weighted by molar-refractivity contribution is 5.94. The number of alkyl halides is 3. The monoisotopic (exact) mass is 316 g/mol. The zero-order valence-electron chi connectivity index (χ0n) is 12.3. The number of likely N-dealkylation sites (N-methyl/N-ethyl adjacent to an activating group) is 1. The van der Waals surface area contributed by atoms with E-state index in [2.05, 4.69) is 22.2 Å². The zero-order chi connectivity index (χ0) is 16.6. The van der Waals surface area contributed by atoms with Gasteiger partial charge in [0.15, 0.2) is 0 Å². The van der Waals surface area contributed by atoms with E-state index in [9.17, 15) is 18.0 Å². The molecule has 5 nitrogen and oxygen atoms in total. The van der Waals surface area contributed by atoms with Gasteiger partial charge in [-0.3, -0.25) is 9.69 Å². The van der Waals surface area contributed by atoms with Crippen molar-refractivity contribution in [2.45, 2.75) is 6.18 Å². The van der Waals surface area contributed by atoms with Gasteiger partial charge < -0.3 is 10.6 Å². The summed E-state index contributed by atoms with van der Waals surface area (Å²) in [5, 5.41) is 5.52. The molecule has 0 spiro atoms. The molecule has 0 bridgehead atoms. The van der Waals surface area contributed by atoms with Crippen molar-refractivity contribution in [2.24, 2.45) is 0 Å². The predicted octanol–water partition coefficient (Wildman–Crippen LogP) is 1.90. The van der Waals surface area contributed by atoms with E-state index in [1.165, 1.54) is 18.1 Å². The molecule has 1 aromatic rings. The van der Waals surface area contributed by atoms with Crippen LogP contribution in [0.5, 0.6) is 0 Å². The minimum Gasteiger partial charge on any atom is -0.369 e. The van der Waals surface area contributed by atoms with Gasteiger partial charge in [-0.2, -0.15) is 13.2 Å². The van der Waals surface area contributed by atoms with Crippen LogP contribution in [0.25, 0.3) is 0 Å². The maximum atomic E-state index is 12.1. The second-order valence-corrected chi connectivity index (χ2v) is 4.71. The number of pyridine rings is 1. The average Bonchev–Trinajstić information content (AvgIpc) is 2.43. The van der Waals surface area contributed by atoms with Gasteiger partial charge in [0.25, 0.3) is 5.91 Å². The van der Waals surface area contributed by atoms with Crippen LogP contribution in [0.4, 0.5) is 19.0 Å². The van der Waals surface area contributed by atoms with E-state index in [0.717, 1.165) is 0 Å². The quantitative estimate of drug-likeness (QED) is 0.719. The molecular weight excluding hydrogens is 297 g/mol. The summed E-state index contributed by atoms with van der Waals surface area (Å²) in [4.78, 5) is 16.8. The second kappa shape index (κ2) is 8.38. The van der Waals surface area contributed by atoms with E-state index < -0.39 is 12.7 Å². The van der Waals surface area contributed by atoms with Crippen LogP contribution in [0, 0.1) is 0 Å². The first-order valence-electron chi connectivity index (χ1n) is 6.66. The van der Waals surface area contributed by atoms with Crippen LogP contribution in [-0.2, 0) is 0 Å². The summed E-state index contributed by atoms with van der Waals surface area (Å²) in [6, 6.07) is 3.19. The minimum atomic E-state index is -4.20. The van der Waals surface area contributed by atoms with E-state index >= 15 is 0 Å². The number of carbonyl (C=O) groups excluding carboxylic acids is 1. The number of nitrogens with one attached hydrogen (secondary N) is 2. The highest BCUT2D eigenvalue weighted by Gasteiger charge is 2.28. The highest BCUT2D eigenvalue weighted by atomic mass is 19.4. The molecule has 0 saturated heterocycles. The van der Waals surface area contributed by atoms with Crippen molar-refractivity contribution in [3.05, 3.63) is 36.5 Å². The van der Waals surface area contributed by atoms with Crippen LogP contribution in [0.3, 0.4) is 0 Å². The van der Waals surface area contributed by atoms with Gasteiger partial charge in [-0.1, -0.05) is 6.08 Å². The predicted molar refractivity (Wildman–Crippen MR) is 78.8 cm³/mol. The van der Waals surface area contributed by atoms with Crippen molar-refractivity contribution in [1.82, 2.24) is 15.2 Å². The Bertz CT molecular complexity index is 488. The lowest BCUT2D eigenvalue weighted by atomic mass is 10.2. The Morgan fingerprint density at radius 3 is 2.73 bits per heavy atom. The zero-order valence-corrected chi connectivity index (χ0v) is 12.3. The molecule has 8 heteroatoms. The molecule has 0 radical (unpaired) electrons. The number of rotatable bonds is 8. The highest BCUT2D eigenvalue weighted by Crippen LogP contribution is 2.15. The van der Waals surface area contributed by atoms with Crippen LogP contribution in [0.1, 0.15) is 10.4 Å². The van der Waals surface area contributed by atoms with Crippen LogP contribution in [0.15, 0.2) is 31.0 Å². The fraction of sp³-hybridized carbons (Fsp3) is 0.429. The number of amides is 1. The van der Waals surface area contributed by atoms with Crippen LogP contribution < -0.4 is 10.6 Å². The molecule has 0 aromatic carbocycles. The Morgan fingerprint density at radius 2 is 2.18 bits per heavy atom. The largest absolute Gasteiger partial charge is 0.401 e. The number of aromatic nitrogens is 1. The number of hydrogen-bond acceptors (Lipinski definition) is 4. The third-order valence-corrected chi connectivity index (χ3v) is 2.68. The van der Waals surface area contributed by atoms with E-state index in [1.54, 1.807) is 18.2 Å². The third kappa shape index (κ3) is 7.07. The molecular formula is C14H19F3N4O. The molecule has 1 rings (SSSR count). The van der Waals surface area contributed by atoms with Crippen LogP contribution in [0.2, 0.25) is 0 Å². The van der Waals surface area contributed by atoms with Gasteiger partial charge in [0.1, 0.15) is 5.82 Å². The second-order valence-electron chi connectivity index (χ2n) is 4.71. The van der Waals surface area contributed by atoms with Crippen LogP contribution in [-0.4, -0.2) is 55.2 Å². The van der Waals surface area contributed by atoms with E-state index in [4.69, 9.17) is 0 Å². The first-order valence-corrected chi connectivity index (χ1v) is 6.66. The molecule has 22 heavy (non-hydrogen) atoms. The Kier molecular flexibility index (Phi) is 6.84. The van der Waals surface area contributed by atoms with Crippen LogP contribution >= 0.6 is 0 Å². The van der Waals surface area contributed by atoms with Crippen molar-refractivity contribution >= 4 is 11.7 Å². The van der Waals surface area contributed by atoms with Gasteiger partial charge in [-0.15, -0.1) is 6.58 Å². The number of nitrogens with zero attached hydrogens (tertiary/aromatic N) is 2. The lowest BCUT2D eigenvalue weighted by Crippen LogP contribution is -2.34. The minimum absolute atomic E-state index is 0.225. The summed E-state index contributed by atoms with van der Waals surface area (Å²) in [7, 11) is 1.40. The molecule has 0 aliphatic carbocycles. The van der Waals surface area contributed by atoms with Gasteiger partial charge in [-0.25, -0.2) is 4.98 Å². The van der Waals surface area contributed by atoms with E-state index in [1.807, 2.05) is 0 Å². The number of anilines is 1. The molecule has 0 unspecified atom stereocenters. The van der Waals surface area contributed by atoms with Crippen molar-refractivity contribution in [3.63, 3.8) is 0 Å². The first kappa shape index (κ1) is 18.0. The Morgan fingerprint density at radius 1 is 1.45 bits per heavy atom. The van der Waals surface area contributed by atoms with Gasteiger partial charge in [0, 0.05) is 25.8 Å². The normalized spacial score (nSPS) is 11.3. The smallest absolute Gasteiger partial charge is 0.369 e. The molecule has 1 amide bonds. The molecule has 0 atom stereocenters. The lowest BCUT2D eigenvalue weighted by molar-refractivity contribution is -0.142. The fourth-order valence-electron chi connectivity index (χ4n) is 1.66. The summed E-state index contributed by atoms with van der Waals surface area (Å²) in [6.45, 7) is 3.45. The summed E-state index contributed by atoms with van der Waals surface area (Å²) in [5.41, 5.74) is 0.404. The number of halogens is 3. The molecule has 0 fully saturated rings. The summed E-state index contributed by atoms with van der Waals surface area (Å²) in [6.07, 6.45) is -1.23. The van der Waals surface area contributed by atoms with Gasteiger partial charge in [0.05, 0.1) is 12.1 Å². The SMILES string of the molecule is C=CCNC(=O)c1ccc(NCCN(C)CC(F)(F)F)nc1. The molecule has 0 aliphatic rings.